The predicted molar refractivity (Wildman–Crippen MR) is 129 cm³/mol. The molecule has 0 aliphatic carbocycles. The third kappa shape index (κ3) is 6.90. The summed E-state index contributed by atoms with van der Waals surface area (Å²) in [4.78, 5) is 25.7. The number of nitrogens with one attached hydrogen (secondary N) is 1. The SMILES string of the molecule is CC(=O)O.O=C1N=C(Nc2cc[c]([Na])cc2)S/C1=C/c1ccc(-c2ccccc2)c(F)c1. The molecule has 0 saturated heterocycles. The standard InChI is InChI=1S/C22H14FN2OS.C2H4O2.Na/c23-19-13-15(11-12-18(19)16-7-3-1-4-8-16)14-20-21(26)25-22(27-20)24-17-9-5-2-6-10-17;1-2(3)4;/h1,3-14H,(H,24,25,26);1H3,(H,3,4);/b20-14+;;. The maximum atomic E-state index is 14.5. The second-order valence-electron chi connectivity index (χ2n) is 6.95. The van der Waals surface area contributed by atoms with E-state index < -0.39 is 5.97 Å². The van der Waals surface area contributed by atoms with E-state index in [9.17, 15) is 9.18 Å². The first-order valence-corrected chi connectivity index (χ1v) is 11.5. The van der Waals surface area contributed by atoms with Crippen molar-refractivity contribution in [3.8, 4) is 11.1 Å². The molecule has 0 fully saturated rings. The van der Waals surface area contributed by atoms with Crippen molar-refractivity contribution in [2.45, 2.75) is 6.92 Å². The van der Waals surface area contributed by atoms with E-state index in [4.69, 9.17) is 9.90 Å². The molecule has 0 spiro atoms. The summed E-state index contributed by atoms with van der Waals surface area (Å²) in [6, 6.07) is 22.4. The van der Waals surface area contributed by atoms with Crippen molar-refractivity contribution in [3.63, 3.8) is 0 Å². The van der Waals surface area contributed by atoms with E-state index in [1.807, 2.05) is 60.7 Å². The van der Waals surface area contributed by atoms with Crippen molar-refractivity contribution in [3.05, 3.63) is 89.1 Å². The second-order valence-corrected chi connectivity index (χ2v) is 9.13. The molecule has 5 nitrogen and oxygen atoms in total. The van der Waals surface area contributed by atoms with Crippen LogP contribution >= 0.6 is 11.8 Å². The number of carbonyl (C=O) groups excluding carboxylic acids is 1. The maximum absolute atomic E-state index is 14.5. The molecule has 3 aromatic rings. The Bertz CT molecular complexity index is 1190. The molecule has 0 atom stereocenters. The molecule has 156 valence electrons. The summed E-state index contributed by atoms with van der Waals surface area (Å²) in [6.45, 7) is 1.08. The van der Waals surface area contributed by atoms with Crippen LogP contribution in [0.15, 0.2) is 82.7 Å². The fraction of sp³-hybridized carbons (Fsp3) is 0.0417. The number of carbonyl (C=O) groups is 2. The molecular weight excluding hydrogens is 438 g/mol. The molecule has 2 N–H and O–H groups in total. The van der Waals surface area contributed by atoms with Gasteiger partial charge in [0, 0.05) is 12.5 Å². The Morgan fingerprint density at radius 2 is 1.75 bits per heavy atom. The van der Waals surface area contributed by atoms with Crippen LogP contribution in [0.1, 0.15) is 12.5 Å². The summed E-state index contributed by atoms with van der Waals surface area (Å²) >= 11 is 2.25. The quantitative estimate of drug-likeness (QED) is 0.450. The monoisotopic (exact) mass is 456 g/mol. The number of amides is 1. The van der Waals surface area contributed by atoms with E-state index in [-0.39, 0.29) is 11.7 Å². The van der Waals surface area contributed by atoms with Crippen molar-refractivity contribution in [1.82, 2.24) is 0 Å². The van der Waals surface area contributed by atoms with Gasteiger partial charge in [-0.25, -0.2) is 4.39 Å². The first-order chi connectivity index (χ1) is 15.3. The van der Waals surface area contributed by atoms with Crippen LogP contribution in [-0.4, -0.2) is 50.1 Å². The average molecular weight is 456 g/mol. The Morgan fingerprint density at radius 1 is 1.09 bits per heavy atom. The molecule has 0 unspecified atom stereocenters. The number of halogens is 1. The summed E-state index contributed by atoms with van der Waals surface area (Å²) in [5, 5.41) is 11.1. The molecule has 0 aromatic heterocycles. The fourth-order valence-electron chi connectivity index (χ4n) is 2.85. The molecule has 0 saturated carbocycles. The molecule has 3 aromatic carbocycles. The summed E-state index contributed by atoms with van der Waals surface area (Å²) in [6.07, 6.45) is 1.67. The average Bonchev–Trinajstić information content (AvgIpc) is 3.09. The van der Waals surface area contributed by atoms with Crippen LogP contribution in [0.3, 0.4) is 0 Å². The van der Waals surface area contributed by atoms with Crippen molar-refractivity contribution in [1.29, 1.82) is 0 Å². The number of carboxylic acids is 1. The third-order valence-corrected chi connectivity index (χ3v) is 5.86. The first kappa shape index (κ1) is 23.9. The normalized spacial score (nSPS) is 13.9. The fourth-order valence-corrected chi connectivity index (χ4v) is 4.01. The number of thioether (sulfide) groups is 1. The molecule has 32 heavy (non-hydrogen) atoms. The Morgan fingerprint density at radius 3 is 2.38 bits per heavy atom. The summed E-state index contributed by atoms with van der Waals surface area (Å²) in [5.41, 5.74) is 2.87. The van der Waals surface area contributed by atoms with E-state index >= 15 is 0 Å². The molecule has 1 aliphatic heterocycles. The zero-order valence-corrected chi connectivity index (χ0v) is 20.3. The van der Waals surface area contributed by atoms with Crippen LogP contribution in [0.2, 0.25) is 0 Å². The van der Waals surface area contributed by atoms with Gasteiger partial charge in [-0.2, -0.15) is 0 Å². The van der Waals surface area contributed by atoms with E-state index in [2.05, 4.69) is 10.3 Å². The van der Waals surface area contributed by atoms with Crippen LogP contribution in [0.25, 0.3) is 17.2 Å². The number of aliphatic carboxylic acids is 1. The summed E-state index contributed by atoms with van der Waals surface area (Å²) < 4.78 is 15.8. The van der Waals surface area contributed by atoms with Gasteiger partial charge in [0.2, 0.25) is 0 Å². The molecule has 1 heterocycles. The molecule has 1 amide bonds. The van der Waals surface area contributed by atoms with Gasteiger partial charge in [0.25, 0.3) is 5.97 Å². The molecule has 8 heteroatoms. The molecule has 4 rings (SSSR count). The Balaban J connectivity index is 0.000000668. The topological polar surface area (TPSA) is 78.8 Å². The van der Waals surface area contributed by atoms with Gasteiger partial charge in [-0.15, -0.1) is 0 Å². The van der Waals surface area contributed by atoms with Crippen molar-refractivity contribution >= 4 is 71.3 Å². The van der Waals surface area contributed by atoms with E-state index in [1.54, 1.807) is 12.1 Å². The van der Waals surface area contributed by atoms with Crippen LogP contribution < -0.4 is 8.13 Å². The van der Waals surface area contributed by atoms with Crippen LogP contribution in [0.5, 0.6) is 0 Å². The third-order valence-electron chi connectivity index (χ3n) is 4.30. The second kappa shape index (κ2) is 11.2. The number of hydrogen-bond acceptors (Lipinski definition) is 4. The number of carboxylic acid groups (broad SMARTS) is 1. The number of benzene rings is 3. The number of anilines is 1. The molecule has 0 bridgehead atoms. The first-order valence-electron chi connectivity index (χ1n) is 9.72. The minimum absolute atomic E-state index is 0.320. The van der Waals surface area contributed by atoms with Crippen molar-refractivity contribution < 1.29 is 19.1 Å². The van der Waals surface area contributed by atoms with Gasteiger partial charge in [-0.3, -0.25) is 4.79 Å². The summed E-state index contributed by atoms with van der Waals surface area (Å²) in [5.74, 6) is -1.47. The zero-order chi connectivity index (χ0) is 23.1. The number of hydrogen-bond donors (Lipinski definition) is 2. The number of nitrogens with zero attached hydrogens (tertiary/aromatic N) is 1. The van der Waals surface area contributed by atoms with Gasteiger partial charge < -0.3 is 5.11 Å². The van der Waals surface area contributed by atoms with Gasteiger partial charge in [-0.1, -0.05) is 30.3 Å². The van der Waals surface area contributed by atoms with Gasteiger partial charge in [0.05, 0.1) is 0 Å². The van der Waals surface area contributed by atoms with Gasteiger partial charge in [-0.05, 0) is 5.56 Å². The Labute approximate surface area is 206 Å². The Hall–Kier alpha value is -2.71. The number of amidine groups is 1. The Kier molecular flexibility index (Phi) is 8.41. The van der Waals surface area contributed by atoms with Gasteiger partial charge in [0.15, 0.2) is 0 Å². The van der Waals surface area contributed by atoms with E-state index in [0.717, 1.165) is 46.1 Å². The minimum atomic E-state index is -0.833. The molecule has 0 radical (unpaired) electrons. The molecule has 1 aliphatic rings. The van der Waals surface area contributed by atoms with Crippen molar-refractivity contribution in [2.24, 2.45) is 4.99 Å². The molecular formula is C24H18FN2NaO3S. The van der Waals surface area contributed by atoms with E-state index in [1.165, 1.54) is 20.6 Å². The summed E-state index contributed by atoms with van der Waals surface area (Å²) in [7, 11) is 0. The van der Waals surface area contributed by atoms with Crippen molar-refractivity contribution in [2.75, 3.05) is 5.32 Å². The number of aliphatic imine (C=N–C) groups is 1. The van der Waals surface area contributed by atoms with Crippen LogP contribution in [0, 0.1) is 5.82 Å². The van der Waals surface area contributed by atoms with Crippen LogP contribution in [-0.2, 0) is 9.59 Å². The predicted octanol–water partition coefficient (Wildman–Crippen LogP) is 4.46. The number of rotatable bonds is 3. The van der Waals surface area contributed by atoms with Crippen LogP contribution in [0.4, 0.5) is 10.1 Å². The van der Waals surface area contributed by atoms with Gasteiger partial charge in [0.1, 0.15) is 0 Å². The van der Waals surface area contributed by atoms with Gasteiger partial charge >= 0.3 is 139 Å². The zero-order valence-electron chi connectivity index (χ0n) is 17.5. The van der Waals surface area contributed by atoms with E-state index in [0.29, 0.717) is 21.2 Å².